The van der Waals surface area contributed by atoms with Crippen LogP contribution in [-0.2, 0) is 5.41 Å². The van der Waals surface area contributed by atoms with Crippen LogP contribution in [0.2, 0.25) is 0 Å². The van der Waals surface area contributed by atoms with E-state index in [0.717, 1.165) is 25.9 Å². The summed E-state index contributed by atoms with van der Waals surface area (Å²) in [7, 11) is 0. The fraction of sp³-hybridized carbons (Fsp3) is 0.400. The van der Waals surface area contributed by atoms with Gasteiger partial charge in [-0.3, -0.25) is 0 Å². The van der Waals surface area contributed by atoms with Crippen LogP contribution in [0.15, 0.2) is 60.7 Å². The molecule has 1 aliphatic carbocycles. The van der Waals surface area contributed by atoms with Crippen molar-refractivity contribution >= 4 is 12.4 Å². The molecular formula is C20H24ClNO. The van der Waals surface area contributed by atoms with Crippen LogP contribution in [0.25, 0.3) is 0 Å². The summed E-state index contributed by atoms with van der Waals surface area (Å²) in [6.45, 7) is 1.93. The summed E-state index contributed by atoms with van der Waals surface area (Å²) in [5, 5.41) is 14.0. The van der Waals surface area contributed by atoms with Gasteiger partial charge in [0.15, 0.2) is 0 Å². The highest BCUT2D eigenvalue weighted by Crippen LogP contribution is 2.51. The van der Waals surface area contributed by atoms with Crippen LogP contribution in [0.4, 0.5) is 0 Å². The number of halogens is 1. The monoisotopic (exact) mass is 329 g/mol. The SMILES string of the molecule is Cl.O[C@@H]1CCC(c2ccccc2)(c2ccccc2)[C@@H]2CNCC12. The minimum Gasteiger partial charge on any atom is -0.393 e. The molecule has 3 heteroatoms. The Morgan fingerprint density at radius 3 is 2.00 bits per heavy atom. The zero-order valence-electron chi connectivity index (χ0n) is 13.2. The second kappa shape index (κ2) is 6.64. The Kier molecular flexibility index (Phi) is 4.77. The summed E-state index contributed by atoms with van der Waals surface area (Å²) < 4.78 is 0. The van der Waals surface area contributed by atoms with Gasteiger partial charge in [0.1, 0.15) is 0 Å². The number of benzene rings is 2. The Morgan fingerprint density at radius 2 is 1.43 bits per heavy atom. The minimum absolute atomic E-state index is 0. The molecule has 0 amide bonds. The zero-order valence-corrected chi connectivity index (χ0v) is 14.0. The lowest BCUT2D eigenvalue weighted by molar-refractivity contribution is 0.0238. The molecule has 1 unspecified atom stereocenters. The molecule has 1 aliphatic heterocycles. The Bertz CT molecular complexity index is 591. The zero-order chi connectivity index (χ0) is 15.0. The highest BCUT2D eigenvalue weighted by molar-refractivity contribution is 5.85. The maximum absolute atomic E-state index is 10.5. The number of rotatable bonds is 2. The molecule has 3 atom stereocenters. The van der Waals surface area contributed by atoms with Gasteiger partial charge in [-0.2, -0.15) is 0 Å². The molecule has 0 spiro atoms. The molecule has 2 aromatic carbocycles. The van der Waals surface area contributed by atoms with Crippen LogP contribution in [0.3, 0.4) is 0 Å². The molecule has 0 bridgehead atoms. The number of nitrogens with one attached hydrogen (secondary N) is 1. The minimum atomic E-state index is -0.166. The molecule has 1 saturated heterocycles. The van der Waals surface area contributed by atoms with Crippen LogP contribution in [-0.4, -0.2) is 24.3 Å². The molecular weight excluding hydrogens is 306 g/mol. The number of hydrogen-bond acceptors (Lipinski definition) is 2. The first-order valence-electron chi connectivity index (χ1n) is 8.32. The van der Waals surface area contributed by atoms with E-state index < -0.39 is 0 Å². The first kappa shape index (κ1) is 16.5. The number of hydrogen-bond donors (Lipinski definition) is 2. The summed E-state index contributed by atoms with van der Waals surface area (Å²) >= 11 is 0. The average Bonchev–Trinajstić information content (AvgIpc) is 3.08. The van der Waals surface area contributed by atoms with E-state index in [0.29, 0.717) is 11.8 Å². The van der Waals surface area contributed by atoms with Crippen molar-refractivity contribution < 1.29 is 5.11 Å². The lowest BCUT2D eigenvalue weighted by Crippen LogP contribution is -2.48. The van der Waals surface area contributed by atoms with Crippen molar-refractivity contribution in [1.82, 2.24) is 5.32 Å². The van der Waals surface area contributed by atoms with Gasteiger partial charge < -0.3 is 10.4 Å². The standard InChI is InChI=1S/C20H23NO.ClH/c22-19-11-12-20(15-7-3-1-4-8-15,16-9-5-2-6-10-16)18-14-21-13-17(18)19;/h1-10,17-19,21-22H,11-14H2;1H/t17?,18-,19-;/m1./s1. The fourth-order valence-corrected chi connectivity index (χ4v) is 4.77. The van der Waals surface area contributed by atoms with Crippen molar-refractivity contribution in [2.45, 2.75) is 24.4 Å². The predicted molar refractivity (Wildman–Crippen MR) is 96.0 cm³/mol. The molecule has 2 nitrogen and oxygen atoms in total. The van der Waals surface area contributed by atoms with Crippen molar-refractivity contribution in [2.24, 2.45) is 11.8 Å². The van der Waals surface area contributed by atoms with Crippen molar-refractivity contribution in [3.63, 3.8) is 0 Å². The number of fused-ring (bicyclic) bond motifs is 1. The number of aliphatic hydroxyl groups is 1. The smallest absolute Gasteiger partial charge is 0.0584 e. The van der Waals surface area contributed by atoms with E-state index in [1.807, 2.05) is 0 Å². The molecule has 0 aromatic heterocycles. The van der Waals surface area contributed by atoms with Gasteiger partial charge in [-0.05, 0) is 36.4 Å². The molecule has 1 saturated carbocycles. The third-order valence-electron chi connectivity index (χ3n) is 5.80. The summed E-state index contributed by atoms with van der Waals surface area (Å²) in [6, 6.07) is 21.8. The third kappa shape index (κ3) is 2.59. The second-order valence-corrected chi connectivity index (χ2v) is 6.74. The van der Waals surface area contributed by atoms with E-state index in [9.17, 15) is 5.11 Å². The van der Waals surface area contributed by atoms with Crippen LogP contribution in [0, 0.1) is 11.8 Å². The molecule has 23 heavy (non-hydrogen) atoms. The lowest BCUT2D eigenvalue weighted by Gasteiger charge is -2.48. The van der Waals surface area contributed by atoms with E-state index in [1.54, 1.807) is 0 Å². The van der Waals surface area contributed by atoms with Crippen molar-refractivity contribution in [3.05, 3.63) is 71.8 Å². The molecule has 2 N–H and O–H groups in total. The molecule has 4 rings (SSSR count). The largest absolute Gasteiger partial charge is 0.393 e. The molecule has 2 aliphatic rings. The summed E-state index contributed by atoms with van der Waals surface area (Å²) in [5.41, 5.74) is 2.81. The Hall–Kier alpha value is -1.35. The predicted octanol–water partition coefficient (Wildman–Crippen LogP) is 3.38. The lowest BCUT2D eigenvalue weighted by atomic mass is 9.56. The van der Waals surface area contributed by atoms with Gasteiger partial charge in [0.2, 0.25) is 0 Å². The first-order valence-corrected chi connectivity index (χ1v) is 8.32. The van der Waals surface area contributed by atoms with Gasteiger partial charge >= 0.3 is 0 Å². The van der Waals surface area contributed by atoms with Gasteiger partial charge in [0.05, 0.1) is 6.10 Å². The number of aliphatic hydroxyl groups excluding tert-OH is 1. The molecule has 122 valence electrons. The normalized spacial score (nSPS) is 28.7. The van der Waals surface area contributed by atoms with Crippen LogP contribution < -0.4 is 5.32 Å². The van der Waals surface area contributed by atoms with Gasteiger partial charge in [-0.25, -0.2) is 0 Å². The van der Waals surface area contributed by atoms with E-state index in [1.165, 1.54) is 11.1 Å². The van der Waals surface area contributed by atoms with Gasteiger partial charge in [0, 0.05) is 17.9 Å². The molecule has 2 aromatic rings. The highest BCUT2D eigenvalue weighted by Gasteiger charge is 2.52. The van der Waals surface area contributed by atoms with Crippen LogP contribution in [0.1, 0.15) is 24.0 Å². The van der Waals surface area contributed by atoms with Gasteiger partial charge in [0.25, 0.3) is 0 Å². The quantitative estimate of drug-likeness (QED) is 0.885. The second-order valence-electron chi connectivity index (χ2n) is 6.74. The van der Waals surface area contributed by atoms with Crippen molar-refractivity contribution in [2.75, 3.05) is 13.1 Å². The van der Waals surface area contributed by atoms with Gasteiger partial charge in [-0.1, -0.05) is 60.7 Å². The molecule has 1 heterocycles. The van der Waals surface area contributed by atoms with Crippen molar-refractivity contribution in [3.8, 4) is 0 Å². The van der Waals surface area contributed by atoms with E-state index >= 15 is 0 Å². The van der Waals surface area contributed by atoms with Gasteiger partial charge in [-0.15, -0.1) is 12.4 Å². The first-order chi connectivity index (χ1) is 10.8. The van der Waals surface area contributed by atoms with Crippen molar-refractivity contribution in [1.29, 1.82) is 0 Å². The fourth-order valence-electron chi connectivity index (χ4n) is 4.77. The van der Waals surface area contributed by atoms with E-state index in [-0.39, 0.29) is 23.9 Å². The van der Waals surface area contributed by atoms with Crippen LogP contribution in [0.5, 0.6) is 0 Å². The van der Waals surface area contributed by atoms with Crippen LogP contribution >= 0.6 is 12.4 Å². The summed E-state index contributed by atoms with van der Waals surface area (Å²) in [5.74, 6) is 0.815. The third-order valence-corrected chi connectivity index (χ3v) is 5.80. The Morgan fingerprint density at radius 1 is 0.870 bits per heavy atom. The maximum atomic E-state index is 10.5. The molecule has 2 fully saturated rings. The van der Waals surface area contributed by atoms with E-state index in [4.69, 9.17) is 0 Å². The average molecular weight is 330 g/mol. The summed E-state index contributed by atoms with van der Waals surface area (Å²) in [6.07, 6.45) is 1.73. The Labute approximate surface area is 144 Å². The summed E-state index contributed by atoms with van der Waals surface area (Å²) in [4.78, 5) is 0. The topological polar surface area (TPSA) is 32.3 Å². The maximum Gasteiger partial charge on any atom is 0.0584 e. The van der Waals surface area contributed by atoms with E-state index in [2.05, 4.69) is 66.0 Å². The molecule has 0 radical (unpaired) electrons. The highest BCUT2D eigenvalue weighted by atomic mass is 35.5. The Balaban J connectivity index is 0.00000156.